The molecular formula is C28H34N2O5. The van der Waals surface area contributed by atoms with Gasteiger partial charge in [0.25, 0.3) is 0 Å². The lowest BCUT2D eigenvalue weighted by molar-refractivity contribution is -0.149. The maximum Gasteiger partial charge on any atom is 0.407 e. The minimum absolute atomic E-state index is 0.00225. The third-order valence-electron chi connectivity index (χ3n) is 7.49. The van der Waals surface area contributed by atoms with E-state index in [4.69, 9.17) is 4.74 Å². The van der Waals surface area contributed by atoms with Crippen LogP contribution in [0.4, 0.5) is 4.79 Å². The molecule has 1 heterocycles. The number of fused-ring (bicyclic) bond motifs is 3. The van der Waals surface area contributed by atoms with Gasteiger partial charge < -0.3 is 20.1 Å². The van der Waals surface area contributed by atoms with E-state index in [0.29, 0.717) is 32.2 Å². The molecule has 1 fully saturated rings. The van der Waals surface area contributed by atoms with Gasteiger partial charge in [0.2, 0.25) is 5.91 Å². The van der Waals surface area contributed by atoms with E-state index in [2.05, 4.69) is 29.6 Å². The van der Waals surface area contributed by atoms with Gasteiger partial charge in [0.05, 0.1) is 5.92 Å². The van der Waals surface area contributed by atoms with Gasteiger partial charge >= 0.3 is 12.1 Å². The van der Waals surface area contributed by atoms with E-state index in [0.717, 1.165) is 11.1 Å². The largest absolute Gasteiger partial charge is 0.481 e. The Morgan fingerprint density at radius 2 is 1.71 bits per heavy atom. The highest BCUT2D eigenvalue weighted by molar-refractivity contribution is 5.80. The summed E-state index contributed by atoms with van der Waals surface area (Å²) in [4.78, 5) is 38.6. The van der Waals surface area contributed by atoms with Crippen LogP contribution in [0.5, 0.6) is 0 Å². The van der Waals surface area contributed by atoms with Crippen molar-refractivity contribution in [3.8, 4) is 11.1 Å². The summed E-state index contributed by atoms with van der Waals surface area (Å²) in [6.07, 6.45) is 2.23. The summed E-state index contributed by atoms with van der Waals surface area (Å²) in [5.41, 5.74) is 4.68. The van der Waals surface area contributed by atoms with Gasteiger partial charge in [-0.15, -0.1) is 0 Å². The number of hydrogen-bond donors (Lipinski definition) is 2. The number of likely N-dealkylation sites (tertiary alicyclic amines) is 1. The molecule has 2 amide bonds. The molecule has 2 aromatic rings. The number of nitrogens with one attached hydrogen (secondary N) is 1. The third-order valence-corrected chi connectivity index (χ3v) is 7.49. The van der Waals surface area contributed by atoms with Crippen LogP contribution >= 0.6 is 0 Å². The Kier molecular flexibility index (Phi) is 7.73. The average Bonchev–Trinajstić information content (AvgIpc) is 3.18. The number of hydrogen-bond acceptors (Lipinski definition) is 4. The monoisotopic (exact) mass is 478 g/mol. The molecule has 35 heavy (non-hydrogen) atoms. The Hall–Kier alpha value is -3.35. The van der Waals surface area contributed by atoms with Gasteiger partial charge in [-0.25, -0.2) is 4.79 Å². The van der Waals surface area contributed by atoms with Gasteiger partial charge in [-0.05, 0) is 54.9 Å². The molecule has 2 aliphatic rings. The number of alkyl carbamates (subject to hydrolysis) is 1. The van der Waals surface area contributed by atoms with Gasteiger partial charge in [0.1, 0.15) is 6.61 Å². The van der Waals surface area contributed by atoms with E-state index < -0.39 is 18.0 Å². The molecule has 4 rings (SSSR count). The molecule has 0 saturated carbocycles. The van der Waals surface area contributed by atoms with Crippen molar-refractivity contribution >= 4 is 18.0 Å². The summed E-state index contributed by atoms with van der Waals surface area (Å²) in [6.45, 7) is 4.60. The molecular weight excluding hydrogens is 444 g/mol. The van der Waals surface area contributed by atoms with Crippen LogP contribution in [-0.4, -0.2) is 53.2 Å². The van der Waals surface area contributed by atoms with Crippen molar-refractivity contribution in [1.29, 1.82) is 0 Å². The van der Waals surface area contributed by atoms with Crippen LogP contribution < -0.4 is 5.32 Å². The maximum atomic E-state index is 12.8. The minimum atomic E-state index is -0.849. The smallest absolute Gasteiger partial charge is 0.407 e. The predicted octanol–water partition coefficient (Wildman–Crippen LogP) is 4.80. The number of carbonyl (C=O) groups is 3. The van der Waals surface area contributed by atoms with Gasteiger partial charge in [0.15, 0.2) is 0 Å². The van der Waals surface area contributed by atoms with Crippen molar-refractivity contribution in [3.05, 3.63) is 59.7 Å². The molecule has 0 spiro atoms. The first-order valence-corrected chi connectivity index (χ1v) is 12.5. The van der Waals surface area contributed by atoms with Gasteiger partial charge in [-0.1, -0.05) is 55.5 Å². The van der Waals surface area contributed by atoms with Crippen molar-refractivity contribution in [2.45, 2.75) is 64.0 Å². The highest BCUT2D eigenvalue weighted by atomic mass is 16.5. The number of piperidine rings is 1. The SMILES string of the molecule is CCC(CCC(=O)N1CCC[C@H](C(=O)O)[C@@H]1C)NC(=O)OCC1c2ccccc2-c2ccccc21. The summed E-state index contributed by atoms with van der Waals surface area (Å²) >= 11 is 0. The average molecular weight is 479 g/mol. The second-order valence-corrected chi connectivity index (χ2v) is 9.53. The van der Waals surface area contributed by atoms with E-state index in [-0.39, 0.29) is 36.9 Å². The molecule has 0 aromatic heterocycles. The summed E-state index contributed by atoms with van der Waals surface area (Å²) in [5.74, 6) is -1.43. The summed E-state index contributed by atoms with van der Waals surface area (Å²) in [5, 5.41) is 12.3. The lowest BCUT2D eigenvalue weighted by Crippen LogP contribution is -2.49. The van der Waals surface area contributed by atoms with Crippen LogP contribution in [0.15, 0.2) is 48.5 Å². The van der Waals surface area contributed by atoms with E-state index in [1.807, 2.05) is 38.1 Å². The standard InChI is InChI=1S/C28H34N2O5/c1-3-19(14-15-26(31)30-16-8-13-20(18(30)2)27(32)33)29-28(34)35-17-25-23-11-6-4-9-21(23)22-10-5-7-12-24(22)25/h4-7,9-12,18-20,25H,3,8,13-17H2,1-2H3,(H,29,34)(H,32,33)/t18-,19?,20-/m0/s1. The second-order valence-electron chi connectivity index (χ2n) is 9.53. The molecule has 2 N–H and O–H groups in total. The molecule has 1 unspecified atom stereocenters. The summed E-state index contributed by atoms with van der Waals surface area (Å²) < 4.78 is 5.64. The lowest BCUT2D eigenvalue weighted by Gasteiger charge is -2.37. The normalized spacial score (nSPS) is 20.0. The predicted molar refractivity (Wildman–Crippen MR) is 133 cm³/mol. The zero-order valence-electron chi connectivity index (χ0n) is 20.4. The van der Waals surface area contributed by atoms with Crippen molar-refractivity contribution in [2.24, 2.45) is 5.92 Å². The quantitative estimate of drug-likeness (QED) is 0.568. The number of nitrogens with zero attached hydrogens (tertiary/aromatic N) is 1. The molecule has 1 aliphatic carbocycles. The molecule has 3 atom stereocenters. The Morgan fingerprint density at radius 1 is 1.09 bits per heavy atom. The maximum absolute atomic E-state index is 12.8. The van der Waals surface area contributed by atoms with Crippen LogP contribution in [0.2, 0.25) is 0 Å². The molecule has 7 nitrogen and oxygen atoms in total. The highest BCUT2D eigenvalue weighted by Gasteiger charge is 2.35. The number of ether oxygens (including phenoxy) is 1. The number of rotatable bonds is 8. The number of carbonyl (C=O) groups excluding carboxylic acids is 2. The Balaban J connectivity index is 1.29. The van der Waals surface area contributed by atoms with Gasteiger partial charge in [0, 0.05) is 31.0 Å². The summed E-state index contributed by atoms with van der Waals surface area (Å²) in [6, 6.07) is 15.9. The fourth-order valence-electron chi connectivity index (χ4n) is 5.45. The molecule has 0 radical (unpaired) electrons. The number of benzene rings is 2. The zero-order chi connectivity index (χ0) is 24.9. The third kappa shape index (κ3) is 5.34. The van der Waals surface area contributed by atoms with Crippen LogP contribution in [-0.2, 0) is 14.3 Å². The first-order valence-electron chi connectivity index (χ1n) is 12.5. The van der Waals surface area contributed by atoms with Crippen LogP contribution in [0, 0.1) is 5.92 Å². The van der Waals surface area contributed by atoms with Crippen molar-refractivity contribution in [1.82, 2.24) is 10.2 Å². The fourth-order valence-corrected chi connectivity index (χ4v) is 5.45. The number of amides is 2. The lowest BCUT2D eigenvalue weighted by atomic mass is 9.90. The molecule has 1 aliphatic heterocycles. The van der Waals surface area contributed by atoms with Crippen molar-refractivity contribution in [3.63, 3.8) is 0 Å². The van der Waals surface area contributed by atoms with Gasteiger partial charge in [-0.2, -0.15) is 0 Å². The van der Waals surface area contributed by atoms with E-state index in [1.54, 1.807) is 4.90 Å². The molecule has 186 valence electrons. The summed E-state index contributed by atoms with van der Waals surface area (Å²) in [7, 11) is 0. The first-order chi connectivity index (χ1) is 16.9. The Labute approximate surface area is 206 Å². The fraction of sp³-hybridized carbons (Fsp3) is 0.464. The highest BCUT2D eigenvalue weighted by Crippen LogP contribution is 2.44. The molecule has 1 saturated heterocycles. The number of carboxylic acids is 1. The van der Waals surface area contributed by atoms with Crippen molar-refractivity contribution in [2.75, 3.05) is 13.2 Å². The number of carboxylic acid groups (broad SMARTS) is 1. The first kappa shape index (κ1) is 24.8. The second kappa shape index (κ2) is 10.9. The molecule has 2 aromatic carbocycles. The van der Waals surface area contributed by atoms with Crippen LogP contribution in [0.1, 0.15) is 63.0 Å². The van der Waals surface area contributed by atoms with E-state index in [9.17, 15) is 19.5 Å². The van der Waals surface area contributed by atoms with Gasteiger partial charge in [-0.3, -0.25) is 9.59 Å². The molecule has 0 bridgehead atoms. The zero-order valence-corrected chi connectivity index (χ0v) is 20.4. The minimum Gasteiger partial charge on any atom is -0.481 e. The topological polar surface area (TPSA) is 95.9 Å². The van der Waals surface area contributed by atoms with E-state index >= 15 is 0 Å². The van der Waals surface area contributed by atoms with E-state index in [1.165, 1.54) is 11.1 Å². The van der Waals surface area contributed by atoms with Crippen molar-refractivity contribution < 1.29 is 24.2 Å². The Bertz CT molecular complexity index is 1040. The van der Waals surface area contributed by atoms with Crippen LogP contribution in [0.3, 0.4) is 0 Å². The molecule has 7 heteroatoms. The Morgan fingerprint density at radius 3 is 2.31 bits per heavy atom. The van der Waals surface area contributed by atoms with Crippen LogP contribution in [0.25, 0.3) is 11.1 Å². The number of aliphatic carboxylic acids is 1.